The van der Waals surface area contributed by atoms with Gasteiger partial charge in [-0.15, -0.1) is 0 Å². The van der Waals surface area contributed by atoms with Crippen LogP contribution in [-0.2, 0) is 9.59 Å². The van der Waals surface area contributed by atoms with Gasteiger partial charge in [-0.1, -0.05) is 12.5 Å². The van der Waals surface area contributed by atoms with E-state index >= 15 is 0 Å². The van der Waals surface area contributed by atoms with Crippen molar-refractivity contribution in [2.24, 2.45) is 11.8 Å². The minimum absolute atomic E-state index is 0.190. The summed E-state index contributed by atoms with van der Waals surface area (Å²) in [7, 11) is 0. The SMILES string of the molecule is CC(=O)CCC[C@@H](C)[C@H]1CCC(C)=CC1=O. The number of carbonyl (C=O) groups is 2. The van der Waals surface area contributed by atoms with Crippen molar-refractivity contribution in [2.45, 2.75) is 52.9 Å². The van der Waals surface area contributed by atoms with E-state index in [0.717, 1.165) is 25.7 Å². The van der Waals surface area contributed by atoms with Crippen LogP contribution in [0.15, 0.2) is 11.6 Å². The van der Waals surface area contributed by atoms with Gasteiger partial charge >= 0.3 is 0 Å². The zero-order chi connectivity index (χ0) is 12.1. The van der Waals surface area contributed by atoms with Crippen molar-refractivity contribution in [3.63, 3.8) is 0 Å². The highest BCUT2D eigenvalue weighted by atomic mass is 16.1. The van der Waals surface area contributed by atoms with E-state index in [0.29, 0.717) is 18.1 Å². The molecule has 0 N–H and O–H groups in total. The Morgan fingerprint density at radius 2 is 2.25 bits per heavy atom. The Balaban J connectivity index is 2.40. The fourth-order valence-electron chi connectivity index (χ4n) is 2.39. The number of Topliss-reactive ketones (excluding diaryl/α,β-unsaturated/α-hetero) is 1. The van der Waals surface area contributed by atoms with Gasteiger partial charge in [0.2, 0.25) is 0 Å². The van der Waals surface area contributed by atoms with Gasteiger partial charge in [0, 0.05) is 12.3 Å². The molecular formula is C14H22O2. The van der Waals surface area contributed by atoms with Crippen LogP contribution in [0, 0.1) is 11.8 Å². The highest BCUT2D eigenvalue weighted by Crippen LogP contribution is 2.29. The molecule has 90 valence electrons. The predicted molar refractivity (Wildman–Crippen MR) is 65.2 cm³/mol. The van der Waals surface area contributed by atoms with E-state index in [2.05, 4.69) is 6.92 Å². The molecule has 0 fully saturated rings. The fourth-order valence-corrected chi connectivity index (χ4v) is 2.39. The topological polar surface area (TPSA) is 34.1 Å². The lowest BCUT2D eigenvalue weighted by molar-refractivity contribution is -0.120. The summed E-state index contributed by atoms with van der Waals surface area (Å²) >= 11 is 0. The third-order valence-corrected chi connectivity index (χ3v) is 3.48. The van der Waals surface area contributed by atoms with Gasteiger partial charge in [0.15, 0.2) is 5.78 Å². The lowest BCUT2D eigenvalue weighted by Crippen LogP contribution is -2.23. The summed E-state index contributed by atoms with van der Waals surface area (Å²) in [6.45, 7) is 5.79. The zero-order valence-corrected chi connectivity index (χ0v) is 10.6. The highest BCUT2D eigenvalue weighted by Gasteiger charge is 2.25. The number of ketones is 2. The Kier molecular flexibility index (Phi) is 4.91. The van der Waals surface area contributed by atoms with Crippen molar-refractivity contribution in [1.29, 1.82) is 0 Å². The number of hydrogen-bond acceptors (Lipinski definition) is 2. The predicted octanol–water partition coefficient (Wildman–Crippen LogP) is 3.31. The van der Waals surface area contributed by atoms with Crippen LogP contribution in [0.4, 0.5) is 0 Å². The summed E-state index contributed by atoms with van der Waals surface area (Å²) in [5.41, 5.74) is 1.21. The maximum Gasteiger partial charge on any atom is 0.158 e. The summed E-state index contributed by atoms with van der Waals surface area (Å²) in [6.07, 6.45) is 6.40. The smallest absolute Gasteiger partial charge is 0.158 e. The van der Waals surface area contributed by atoms with Crippen LogP contribution in [0.25, 0.3) is 0 Å². The largest absolute Gasteiger partial charge is 0.300 e. The molecule has 1 aliphatic rings. The fraction of sp³-hybridized carbons (Fsp3) is 0.714. The Morgan fingerprint density at radius 1 is 1.56 bits per heavy atom. The van der Waals surface area contributed by atoms with E-state index in [-0.39, 0.29) is 11.7 Å². The Hall–Kier alpha value is -0.920. The second kappa shape index (κ2) is 5.97. The molecule has 0 aromatic rings. The van der Waals surface area contributed by atoms with Crippen molar-refractivity contribution in [2.75, 3.05) is 0 Å². The molecule has 0 saturated heterocycles. The number of hydrogen-bond donors (Lipinski definition) is 0. The van der Waals surface area contributed by atoms with Crippen molar-refractivity contribution >= 4 is 11.6 Å². The zero-order valence-electron chi connectivity index (χ0n) is 10.6. The molecule has 0 unspecified atom stereocenters. The van der Waals surface area contributed by atoms with Crippen molar-refractivity contribution < 1.29 is 9.59 Å². The molecule has 1 aliphatic carbocycles. The molecule has 0 amide bonds. The maximum absolute atomic E-state index is 11.8. The number of rotatable bonds is 5. The second-order valence-corrected chi connectivity index (χ2v) is 5.11. The molecule has 0 aliphatic heterocycles. The van der Waals surface area contributed by atoms with Crippen molar-refractivity contribution in [3.05, 3.63) is 11.6 Å². The molecule has 1 rings (SSSR count). The van der Waals surface area contributed by atoms with Crippen LogP contribution in [0.3, 0.4) is 0 Å². The lowest BCUT2D eigenvalue weighted by Gasteiger charge is -2.25. The van der Waals surface area contributed by atoms with Gasteiger partial charge < -0.3 is 4.79 Å². The summed E-state index contributed by atoms with van der Waals surface area (Å²) in [5, 5.41) is 0. The lowest BCUT2D eigenvalue weighted by atomic mass is 9.79. The first-order chi connectivity index (χ1) is 7.50. The van der Waals surface area contributed by atoms with E-state index in [1.165, 1.54) is 5.57 Å². The molecule has 16 heavy (non-hydrogen) atoms. The molecular weight excluding hydrogens is 200 g/mol. The van der Waals surface area contributed by atoms with Gasteiger partial charge in [-0.2, -0.15) is 0 Å². The standard InChI is InChI=1S/C14H22O2/c1-10-7-8-13(14(16)9-10)11(2)5-4-6-12(3)15/h9,11,13H,4-8H2,1-3H3/t11-,13-/m1/s1. The third-order valence-electron chi connectivity index (χ3n) is 3.48. The van der Waals surface area contributed by atoms with E-state index in [9.17, 15) is 9.59 Å². The first kappa shape index (κ1) is 13.1. The van der Waals surface area contributed by atoms with Crippen LogP contribution in [0.2, 0.25) is 0 Å². The molecule has 0 radical (unpaired) electrons. The van der Waals surface area contributed by atoms with Crippen LogP contribution in [0.5, 0.6) is 0 Å². The third kappa shape index (κ3) is 3.92. The first-order valence-corrected chi connectivity index (χ1v) is 6.21. The minimum atomic E-state index is 0.190. The highest BCUT2D eigenvalue weighted by molar-refractivity contribution is 5.93. The molecule has 0 saturated carbocycles. The van der Waals surface area contributed by atoms with Crippen LogP contribution < -0.4 is 0 Å². The van der Waals surface area contributed by atoms with E-state index in [1.807, 2.05) is 6.92 Å². The summed E-state index contributed by atoms with van der Waals surface area (Å²) in [4.78, 5) is 22.6. The minimum Gasteiger partial charge on any atom is -0.300 e. The van der Waals surface area contributed by atoms with Gasteiger partial charge in [-0.25, -0.2) is 0 Å². The van der Waals surface area contributed by atoms with Gasteiger partial charge in [-0.05, 0) is 51.5 Å². The summed E-state index contributed by atoms with van der Waals surface area (Å²) in [6, 6.07) is 0. The van der Waals surface area contributed by atoms with Gasteiger partial charge in [-0.3, -0.25) is 4.79 Å². The molecule has 2 nitrogen and oxygen atoms in total. The van der Waals surface area contributed by atoms with Gasteiger partial charge in [0.1, 0.15) is 5.78 Å². The van der Waals surface area contributed by atoms with Gasteiger partial charge in [0.05, 0.1) is 0 Å². The monoisotopic (exact) mass is 222 g/mol. The molecule has 0 aromatic heterocycles. The maximum atomic E-state index is 11.8. The molecule has 2 atom stereocenters. The molecule has 0 spiro atoms. The molecule has 0 aromatic carbocycles. The van der Waals surface area contributed by atoms with Crippen LogP contribution in [0.1, 0.15) is 52.9 Å². The number of allylic oxidation sites excluding steroid dienone is 2. The Bertz CT molecular complexity index is 302. The van der Waals surface area contributed by atoms with E-state index in [4.69, 9.17) is 0 Å². The first-order valence-electron chi connectivity index (χ1n) is 6.21. The average molecular weight is 222 g/mol. The number of carbonyl (C=O) groups excluding carboxylic acids is 2. The Morgan fingerprint density at radius 3 is 2.81 bits per heavy atom. The average Bonchev–Trinajstić information content (AvgIpc) is 2.16. The normalized spacial score (nSPS) is 22.8. The molecule has 0 heterocycles. The second-order valence-electron chi connectivity index (χ2n) is 5.11. The van der Waals surface area contributed by atoms with Gasteiger partial charge in [0.25, 0.3) is 0 Å². The van der Waals surface area contributed by atoms with Crippen LogP contribution >= 0.6 is 0 Å². The van der Waals surface area contributed by atoms with Crippen molar-refractivity contribution in [3.8, 4) is 0 Å². The van der Waals surface area contributed by atoms with E-state index < -0.39 is 0 Å². The van der Waals surface area contributed by atoms with Crippen molar-refractivity contribution in [1.82, 2.24) is 0 Å². The summed E-state index contributed by atoms with van der Waals surface area (Å²) < 4.78 is 0. The quantitative estimate of drug-likeness (QED) is 0.715. The molecule has 2 heteroatoms. The summed E-state index contributed by atoms with van der Waals surface area (Å²) in [5.74, 6) is 1.14. The molecule has 0 bridgehead atoms. The van der Waals surface area contributed by atoms with Crippen LogP contribution in [-0.4, -0.2) is 11.6 Å². The van der Waals surface area contributed by atoms with E-state index in [1.54, 1.807) is 13.0 Å². The Labute approximate surface area is 98.1 Å².